The van der Waals surface area contributed by atoms with Crippen molar-refractivity contribution in [2.45, 2.75) is 31.7 Å². The zero-order valence-electron chi connectivity index (χ0n) is 10.4. The Labute approximate surface area is 115 Å². The molecule has 1 aliphatic rings. The van der Waals surface area contributed by atoms with Crippen molar-refractivity contribution in [1.82, 2.24) is 4.98 Å². The maximum atomic E-state index is 11.4. The summed E-state index contributed by atoms with van der Waals surface area (Å²) in [4.78, 5) is 18.1. The standard InChI is InChI=1S/C13H17BrN2O2/c1-18-13(17)8-11-4-2-3-7-16(11)12-6-5-10(14)9-15-12/h5-6,9,11H,2-4,7-8H2,1H3/t11-/m1/s1. The third kappa shape index (κ3) is 3.22. The molecule has 4 nitrogen and oxygen atoms in total. The fraction of sp³-hybridized carbons (Fsp3) is 0.538. The van der Waals surface area contributed by atoms with Gasteiger partial charge >= 0.3 is 5.97 Å². The largest absolute Gasteiger partial charge is 0.469 e. The number of pyridine rings is 1. The Bertz CT molecular complexity index is 408. The minimum atomic E-state index is -0.149. The molecule has 0 N–H and O–H groups in total. The maximum Gasteiger partial charge on any atom is 0.307 e. The Morgan fingerprint density at radius 3 is 3.06 bits per heavy atom. The van der Waals surface area contributed by atoms with Crippen LogP contribution in [0.1, 0.15) is 25.7 Å². The molecule has 1 fully saturated rings. The highest BCUT2D eigenvalue weighted by Gasteiger charge is 2.25. The molecule has 0 aromatic carbocycles. The lowest BCUT2D eigenvalue weighted by atomic mass is 9.99. The summed E-state index contributed by atoms with van der Waals surface area (Å²) < 4.78 is 5.73. The molecule has 18 heavy (non-hydrogen) atoms. The van der Waals surface area contributed by atoms with Crippen molar-refractivity contribution in [3.05, 3.63) is 22.8 Å². The topological polar surface area (TPSA) is 42.4 Å². The van der Waals surface area contributed by atoms with Crippen LogP contribution in [0.15, 0.2) is 22.8 Å². The Morgan fingerprint density at radius 1 is 1.56 bits per heavy atom. The average molecular weight is 313 g/mol. The highest BCUT2D eigenvalue weighted by atomic mass is 79.9. The molecular formula is C13H17BrN2O2. The fourth-order valence-electron chi connectivity index (χ4n) is 2.33. The minimum absolute atomic E-state index is 0.149. The highest BCUT2D eigenvalue weighted by molar-refractivity contribution is 9.10. The van der Waals surface area contributed by atoms with Gasteiger partial charge in [-0.1, -0.05) is 0 Å². The number of anilines is 1. The molecule has 0 saturated carbocycles. The lowest BCUT2D eigenvalue weighted by Crippen LogP contribution is -2.41. The molecule has 0 amide bonds. The van der Waals surface area contributed by atoms with E-state index >= 15 is 0 Å². The van der Waals surface area contributed by atoms with Crippen molar-refractivity contribution in [1.29, 1.82) is 0 Å². The van der Waals surface area contributed by atoms with Crippen LogP contribution in [-0.4, -0.2) is 30.6 Å². The number of halogens is 1. The molecule has 98 valence electrons. The first-order chi connectivity index (χ1) is 8.70. The minimum Gasteiger partial charge on any atom is -0.469 e. The third-order valence-electron chi connectivity index (χ3n) is 3.26. The molecule has 0 spiro atoms. The molecule has 2 heterocycles. The average Bonchev–Trinajstić information content (AvgIpc) is 2.40. The summed E-state index contributed by atoms with van der Waals surface area (Å²) in [5.41, 5.74) is 0. The molecular weight excluding hydrogens is 296 g/mol. The van der Waals surface area contributed by atoms with Gasteiger partial charge < -0.3 is 9.64 Å². The van der Waals surface area contributed by atoms with E-state index in [1.807, 2.05) is 12.1 Å². The predicted octanol–water partition coefficient (Wildman–Crippen LogP) is 2.77. The van der Waals surface area contributed by atoms with Crippen LogP contribution >= 0.6 is 15.9 Å². The second-order valence-corrected chi connectivity index (χ2v) is 5.37. The monoisotopic (exact) mass is 312 g/mol. The van der Waals surface area contributed by atoms with Crippen molar-refractivity contribution in [3.63, 3.8) is 0 Å². The molecule has 1 aliphatic heterocycles. The van der Waals surface area contributed by atoms with Crippen molar-refractivity contribution in [2.24, 2.45) is 0 Å². The Morgan fingerprint density at radius 2 is 2.39 bits per heavy atom. The summed E-state index contributed by atoms with van der Waals surface area (Å²) in [7, 11) is 1.44. The van der Waals surface area contributed by atoms with E-state index in [0.29, 0.717) is 6.42 Å². The van der Waals surface area contributed by atoms with E-state index in [2.05, 4.69) is 25.8 Å². The van der Waals surface area contributed by atoms with Crippen LogP contribution in [-0.2, 0) is 9.53 Å². The molecule has 0 radical (unpaired) electrons. The summed E-state index contributed by atoms with van der Waals surface area (Å²) in [6.45, 7) is 0.955. The first-order valence-electron chi connectivity index (χ1n) is 6.15. The Hall–Kier alpha value is -1.10. The number of piperidine rings is 1. The number of hydrogen-bond acceptors (Lipinski definition) is 4. The second-order valence-electron chi connectivity index (χ2n) is 4.46. The first-order valence-corrected chi connectivity index (χ1v) is 6.95. The number of esters is 1. The van der Waals surface area contributed by atoms with Crippen LogP contribution in [0.2, 0.25) is 0 Å². The van der Waals surface area contributed by atoms with Crippen LogP contribution in [0.4, 0.5) is 5.82 Å². The number of ether oxygens (including phenoxy) is 1. The molecule has 1 atom stereocenters. The molecule has 0 bridgehead atoms. The van der Waals surface area contributed by atoms with Crippen LogP contribution in [0, 0.1) is 0 Å². The summed E-state index contributed by atoms with van der Waals surface area (Å²) in [6, 6.07) is 4.17. The lowest BCUT2D eigenvalue weighted by molar-refractivity contribution is -0.141. The lowest BCUT2D eigenvalue weighted by Gasteiger charge is -2.36. The first kappa shape index (κ1) is 13.3. The van der Waals surface area contributed by atoms with E-state index in [0.717, 1.165) is 36.1 Å². The van der Waals surface area contributed by atoms with Gasteiger partial charge in [0.05, 0.1) is 13.5 Å². The van der Waals surface area contributed by atoms with E-state index in [1.165, 1.54) is 7.11 Å². The van der Waals surface area contributed by atoms with Crippen molar-refractivity contribution >= 4 is 27.7 Å². The van der Waals surface area contributed by atoms with Crippen LogP contribution in [0.25, 0.3) is 0 Å². The van der Waals surface area contributed by atoms with Crippen molar-refractivity contribution in [2.75, 3.05) is 18.6 Å². The van der Waals surface area contributed by atoms with Gasteiger partial charge in [-0.05, 0) is 47.3 Å². The van der Waals surface area contributed by atoms with Gasteiger partial charge in [0.2, 0.25) is 0 Å². The normalized spacial score (nSPS) is 19.7. The fourth-order valence-corrected chi connectivity index (χ4v) is 2.56. The highest BCUT2D eigenvalue weighted by Crippen LogP contribution is 2.26. The quantitative estimate of drug-likeness (QED) is 0.805. The number of carbonyl (C=O) groups excluding carboxylic acids is 1. The van der Waals surface area contributed by atoms with Gasteiger partial charge in [-0.15, -0.1) is 0 Å². The maximum absolute atomic E-state index is 11.4. The molecule has 1 aromatic rings. The van der Waals surface area contributed by atoms with E-state index in [4.69, 9.17) is 4.74 Å². The van der Waals surface area contributed by atoms with Crippen LogP contribution in [0.3, 0.4) is 0 Å². The van der Waals surface area contributed by atoms with Crippen LogP contribution < -0.4 is 4.90 Å². The molecule has 1 saturated heterocycles. The zero-order chi connectivity index (χ0) is 13.0. The molecule has 5 heteroatoms. The molecule has 0 aliphatic carbocycles. The molecule has 1 aromatic heterocycles. The van der Waals surface area contributed by atoms with Gasteiger partial charge in [0.15, 0.2) is 0 Å². The number of nitrogens with zero attached hydrogens (tertiary/aromatic N) is 2. The number of carbonyl (C=O) groups is 1. The van der Waals surface area contributed by atoms with E-state index < -0.39 is 0 Å². The number of aromatic nitrogens is 1. The van der Waals surface area contributed by atoms with Gasteiger partial charge in [0.25, 0.3) is 0 Å². The van der Waals surface area contributed by atoms with Gasteiger partial charge in [-0.2, -0.15) is 0 Å². The van der Waals surface area contributed by atoms with Crippen LogP contribution in [0.5, 0.6) is 0 Å². The number of rotatable bonds is 3. The van der Waals surface area contributed by atoms with Crippen molar-refractivity contribution < 1.29 is 9.53 Å². The molecule has 2 rings (SSSR count). The smallest absolute Gasteiger partial charge is 0.307 e. The SMILES string of the molecule is COC(=O)C[C@H]1CCCCN1c1ccc(Br)cn1. The van der Waals surface area contributed by atoms with Gasteiger partial charge in [0, 0.05) is 23.3 Å². The summed E-state index contributed by atoms with van der Waals surface area (Å²) in [5, 5.41) is 0. The van der Waals surface area contributed by atoms with E-state index in [-0.39, 0.29) is 12.0 Å². The summed E-state index contributed by atoms with van der Waals surface area (Å²) in [6.07, 6.45) is 5.56. The molecule has 0 unspecified atom stereocenters. The van der Waals surface area contributed by atoms with E-state index in [9.17, 15) is 4.79 Å². The summed E-state index contributed by atoms with van der Waals surface area (Å²) in [5.74, 6) is 0.788. The second kappa shape index (κ2) is 6.18. The van der Waals surface area contributed by atoms with Gasteiger partial charge in [-0.3, -0.25) is 4.79 Å². The van der Waals surface area contributed by atoms with Gasteiger partial charge in [-0.25, -0.2) is 4.98 Å². The van der Waals surface area contributed by atoms with E-state index in [1.54, 1.807) is 6.20 Å². The van der Waals surface area contributed by atoms with Gasteiger partial charge in [0.1, 0.15) is 5.82 Å². The van der Waals surface area contributed by atoms with Crippen molar-refractivity contribution in [3.8, 4) is 0 Å². The Balaban J connectivity index is 2.12. The number of hydrogen-bond donors (Lipinski definition) is 0. The Kier molecular flexibility index (Phi) is 4.58. The zero-order valence-corrected chi connectivity index (χ0v) is 12.0. The third-order valence-corrected chi connectivity index (χ3v) is 3.73. The summed E-state index contributed by atoms with van der Waals surface area (Å²) >= 11 is 3.38. The number of methoxy groups -OCH3 is 1. The predicted molar refractivity (Wildman–Crippen MR) is 73.6 cm³/mol.